The molecule has 0 bridgehead atoms. The first-order valence-electron chi connectivity index (χ1n) is 7.75. The summed E-state index contributed by atoms with van der Waals surface area (Å²) in [6.45, 7) is 1.98. The molecule has 26 heavy (non-hydrogen) atoms. The van der Waals surface area contributed by atoms with Gasteiger partial charge in [-0.1, -0.05) is 24.3 Å². The molecule has 0 saturated heterocycles. The molecule has 7 heteroatoms. The highest BCUT2D eigenvalue weighted by Gasteiger charge is 2.17. The molecule has 0 saturated carbocycles. The van der Waals surface area contributed by atoms with Crippen LogP contribution in [0.3, 0.4) is 0 Å². The quantitative estimate of drug-likeness (QED) is 0.647. The molecule has 1 heterocycles. The van der Waals surface area contributed by atoms with Crippen LogP contribution in [0.15, 0.2) is 54.7 Å². The van der Waals surface area contributed by atoms with Crippen molar-refractivity contribution in [2.24, 2.45) is 0 Å². The number of hydrogen-bond acceptors (Lipinski definition) is 5. The Morgan fingerprint density at radius 2 is 1.92 bits per heavy atom. The van der Waals surface area contributed by atoms with Crippen LogP contribution in [0, 0.1) is 0 Å². The summed E-state index contributed by atoms with van der Waals surface area (Å²) in [5.41, 5.74) is 2.25. The van der Waals surface area contributed by atoms with Gasteiger partial charge in [0.05, 0.1) is 23.4 Å². The highest BCUT2D eigenvalue weighted by molar-refractivity contribution is 6.06. The maximum atomic E-state index is 12.3. The Morgan fingerprint density at radius 3 is 2.65 bits per heavy atom. The van der Waals surface area contributed by atoms with Crippen molar-refractivity contribution in [3.8, 4) is 0 Å². The number of pyridine rings is 1. The van der Waals surface area contributed by atoms with Crippen molar-refractivity contribution in [2.45, 2.75) is 6.92 Å². The molecule has 134 valence electrons. The van der Waals surface area contributed by atoms with Crippen LogP contribution in [0.25, 0.3) is 10.9 Å². The lowest BCUT2D eigenvalue weighted by molar-refractivity contribution is -0.0000381. The topological polar surface area (TPSA) is 88.5 Å². The Kier molecular flexibility index (Phi) is 6.14. The van der Waals surface area contributed by atoms with Gasteiger partial charge in [0.25, 0.3) is 0 Å². The maximum Gasteiger partial charge on any atom is 0.341 e. The van der Waals surface area contributed by atoms with E-state index >= 15 is 0 Å². The smallest absolute Gasteiger partial charge is 0.341 e. The summed E-state index contributed by atoms with van der Waals surface area (Å²) in [6, 6.07) is 13.8. The Labute approximate surface area is 156 Å². The third-order valence-electron chi connectivity index (χ3n) is 3.65. The summed E-state index contributed by atoms with van der Waals surface area (Å²) in [5, 5.41) is 13.0. The number of esters is 1. The Bertz CT molecular complexity index is 959. The van der Waals surface area contributed by atoms with E-state index in [1.165, 1.54) is 18.3 Å². The van der Waals surface area contributed by atoms with E-state index in [4.69, 9.17) is 9.84 Å². The number of anilines is 2. The van der Waals surface area contributed by atoms with Crippen LogP contribution in [-0.4, -0.2) is 28.6 Å². The van der Waals surface area contributed by atoms with Crippen molar-refractivity contribution < 1.29 is 31.8 Å². The molecule has 2 aromatic carbocycles. The summed E-state index contributed by atoms with van der Waals surface area (Å²) < 4.78 is 5.10. The van der Waals surface area contributed by atoms with Gasteiger partial charge in [-0.2, -0.15) is 0 Å². The van der Waals surface area contributed by atoms with Crippen molar-refractivity contribution in [1.82, 2.24) is 4.98 Å². The molecular weight excluding hydrogens is 356 g/mol. The first kappa shape index (κ1) is 19.2. The molecule has 0 fully saturated rings. The number of hydrogen-bond donors (Lipinski definition) is 2. The second-order valence-electron chi connectivity index (χ2n) is 5.30. The van der Waals surface area contributed by atoms with Gasteiger partial charge in [-0.15, -0.1) is 0 Å². The lowest BCUT2D eigenvalue weighted by atomic mass is 10.1. The van der Waals surface area contributed by atoms with Crippen molar-refractivity contribution in [3.63, 3.8) is 0 Å². The van der Waals surface area contributed by atoms with Crippen molar-refractivity contribution in [3.05, 3.63) is 65.9 Å². The number of aromatic carboxylic acids is 1. The van der Waals surface area contributed by atoms with Crippen LogP contribution in [-0.2, 0) is 4.74 Å². The first-order valence-corrected chi connectivity index (χ1v) is 7.75. The fourth-order valence-electron chi connectivity index (χ4n) is 2.51. The first-order chi connectivity index (χ1) is 12.1. The van der Waals surface area contributed by atoms with Gasteiger partial charge in [-0.25, -0.2) is 9.59 Å². The number of carboxylic acids is 1. The molecular formula is C19H16ClN2O4-. The third-order valence-corrected chi connectivity index (χ3v) is 3.65. The van der Waals surface area contributed by atoms with E-state index in [0.29, 0.717) is 22.5 Å². The number of nitrogens with one attached hydrogen (secondary N) is 1. The minimum atomic E-state index is -1.02. The summed E-state index contributed by atoms with van der Waals surface area (Å²) in [4.78, 5) is 27.7. The fraction of sp³-hybridized carbons (Fsp3) is 0.105. The highest BCUT2D eigenvalue weighted by Crippen LogP contribution is 2.30. The van der Waals surface area contributed by atoms with Crippen LogP contribution in [0.5, 0.6) is 0 Å². The van der Waals surface area contributed by atoms with E-state index < -0.39 is 11.9 Å². The van der Waals surface area contributed by atoms with E-state index in [-0.39, 0.29) is 24.6 Å². The van der Waals surface area contributed by atoms with Crippen LogP contribution in [0.1, 0.15) is 27.6 Å². The maximum absolute atomic E-state index is 12.3. The number of carboxylic acid groups (broad SMARTS) is 1. The average Bonchev–Trinajstić information content (AvgIpc) is 2.62. The number of carbonyl (C=O) groups is 2. The summed E-state index contributed by atoms with van der Waals surface area (Å²) in [5.74, 6) is -1.51. The zero-order chi connectivity index (χ0) is 17.8. The number of nitrogens with zero attached hydrogens (tertiary/aromatic N) is 1. The van der Waals surface area contributed by atoms with Gasteiger partial charge in [-0.05, 0) is 31.2 Å². The van der Waals surface area contributed by atoms with Crippen molar-refractivity contribution >= 4 is 34.2 Å². The number of rotatable bonds is 5. The third kappa shape index (κ3) is 3.92. The van der Waals surface area contributed by atoms with Crippen LogP contribution in [0.4, 0.5) is 11.4 Å². The van der Waals surface area contributed by atoms with Gasteiger partial charge < -0.3 is 27.6 Å². The van der Waals surface area contributed by atoms with Crippen LogP contribution < -0.4 is 17.7 Å². The SMILES string of the molecule is CCOC(=O)c1cnc2ccccc2c1Nc1cccc(C(=O)O)c1.[Cl-]. The van der Waals surface area contributed by atoms with Gasteiger partial charge in [0.2, 0.25) is 0 Å². The van der Waals surface area contributed by atoms with Crippen LogP contribution in [0.2, 0.25) is 0 Å². The van der Waals surface area contributed by atoms with Gasteiger partial charge in [0, 0.05) is 17.3 Å². The number of para-hydroxylation sites is 1. The molecule has 3 rings (SSSR count). The molecule has 0 aliphatic heterocycles. The van der Waals surface area contributed by atoms with Gasteiger partial charge >= 0.3 is 11.9 Å². The lowest BCUT2D eigenvalue weighted by Gasteiger charge is -2.14. The number of aromatic nitrogens is 1. The van der Waals surface area contributed by atoms with Gasteiger partial charge in [0.15, 0.2) is 0 Å². The van der Waals surface area contributed by atoms with Gasteiger partial charge in [0.1, 0.15) is 5.56 Å². The molecule has 0 spiro atoms. The summed E-state index contributed by atoms with van der Waals surface area (Å²) >= 11 is 0. The normalized spacial score (nSPS) is 10.0. The number of ether oxygens (including phenoxy) is 1. The van der Waals surface area contributed by atoms with E-state index in [9.17, 15) is 9.59 Å². The van der Waals surface area contributed by atoms with Crippen molar-refractivity contribution in [1.29, 1.82) is 0 Å². The number of carbonyl (C=O) groups excluding carboxylic acids is 1. The van der Waals surface area contributed by atoms with E-state index in [0.717, 1.165) is 5.39 Å². The molecule has 0 radical (unpaired) electrons. The fourth-order valence-corrected chi connectivity index (χ4v) is 2.51. The molecule has 0 atom stereocenters. The standard InChI is InChI=1S/C19H16N2O4.ClH/c1-2-25-19(24)15-11-20-16-9-4-3-8-14(16)17(15)21-13-7-5-6-12(10-13)18(22)23;/h3-11H,2H2,1H3,(H,20,21)(H,22,23);1H/p-1. The minimum absolute atomic E-state index is 0. The zero-order valence-electron chi connectivity index (χ0n) is 13.9. The molecule has 0 unspecified atom stereocenters. The number of benzene rings is 2. The predicted octanol–water partition coefficient (Wildman–Crippen LogP) is 0.857. The second-order valence-corrected chi connectivity index (χ2v) is 5.30. The van der Waals surface area contributed by atoms with E-state index in [1.54, 1.807) is 19.1 Å². The molecule has 0 aliphatic rings. The molecule has 1 aromatic heterocycles. The summed E-state index contributed by atoms with van der Waals surface area (Å²) in [6.07, 6.45) is 1.46. The summed E-state index contributed by atoms with van der Waals surface area (Å²) in [7, 11) is 0. The molecule has 3 aromatic rings. The number of fused-ring (bicyclic) bond motifs is 1. The Morgan fingerprint density at radius 1 is 1.15 bits per heavy atom. The largest absolute Gasteiger partial charge is 1.00 e. The molecule has 0 aliphatic carbocycles. The average molecular weight is 372 g/mol. The van der Waals surface area contributed by atoms with Gasteiger partial charge in [-0.3, -0.25) is 4.98 Å². The van der Waals surface area contributed by atoms with Crippen molar-refractivity contribution in [2.75, 3.05) is 11.9 Å². The molecule has 2 N–H and O–H groups in total. The monoisotopic (exact) mass is 371 g/mol. The second kappa shape index (κ2) is 8.31. The van der Waals surface area contributed by atoms with Crippen LogP contribution >= 0.6 is 0 Å². The van der Waals surface area contributed by atoms with E-state index in [1.807, 2.05) is 24.3 Å². The molecule has 0 amide bonds. The van der Waals surface area contributed by atoms with E-state index in [2.05, 4.69) is 10.3 Å². The molecule has 6 nitrogen and oxygen atoms in total. The highest BCUT2D eigenvalue weighted by atomic mass is 35.5. The lowest BCUT2D eigenvalue weighted by Crippen LogP contribution is -3.00. The minimum Gasteiger partial charge on any atom is -1.00 e. The Balaban J connectivity index is 0.00000243. The predicted molar refractivity (Wildman–Crippen MR) is 94.4 cm³/mol. The number of halogens is 1. The zero-order valence-corrected chi connectivity index (χ0v) is 14.7. The Hall–Kier alpha value is -3.12.